The Morgan fingerprint density at radius 2 is 2.10 bits per heavy atom. The first-order chi connectivity index (χ1) is 10.2. The van der Waals surface area contributed by atoms with Gasteiger partial charge < -0.3 is 9.52 Å². The summed E-state index contributed by atoms with van der Waals surface area (Å²) in [7, 11) is 0. The van der Waals surface area contributed by atoms with Gasteiger partial charge in [0.2, 0.25) is 0 Å². The number of carboxylic acid groups (broad SMARTS) is 1. The van der Waals surface area contributed by atoms with E-state index in [1.54, 1.807) is 6.07 Å². The molecule has 1 aromatic heterocycles. The molecule has 4 heteroatoms. The fourth-order valence-electron chi connectivity index (χ4n) is 2.92. The molecule has 0 amide bonds. The molecule has 0 atom stereocenters. The molecule has 0 bridgehead atoms. The molecule has 0 aliphatic carbocycles. The molecule has 0 spiro atoms. The number of nitrogens with zero attached hydrogens (tertiary/aromatic N) is 1. The summed E-state index contributed by atoms with van der Waals surface area (Å²) in [6.07, 6.45) is 1.68. The number of fused-ring (bicyclic) bond motifs is 1. The number of carbonyl (C=O) groups is 1. The molecular weight excluding hydrogens is 266 g/mol. The van der Waals surface area contributed by atoms with Crippen LogP contribution in [-0.4, -0.2) is 22.5 Å². The van der Waals surface area contributed by atoms with E-state index < -0.39 is 5.97 Å². The van der Waals surface area contributed by atoms with E-state index in [2.05, 4.69) is 11.8 Å². The fourth-order valence-corrected chi connectivity index (χ4v) is 2.92. The van der Waals surface area contributed by atoms with Crippen molar-refractivity contribution in [2.24, 2.45) is 0 Å². The highest BCUT2D eigenvalue weighted by Crippen LogP contribution is 2.24. The van der Waals surface area contributed by atoms with Gasteiger partial charge in [0.25, 0.3) is 0 Å². The maximum absolute atomic E-state index is 11.3. The zero-order chi connectivity index (χ0) is 14.8. The first-order valence-corrected chi connectivity index (χ1v) is 7.31. The van der Waals surface area contributed by atoms with Crippen LogP contribution in [0.4, 0.5) is 0 Å². The Labute approximate surface area is 124 Å². The van der Waals surface area contributed by atoms with E-state index in [4.69, 9.17) is 4.42 Å². The van der Waals surface area contributed by atoms with Gasteiger partial charge in [0.05, 0.1) is 12.1 Å². The highest BCUT2D eigenvalue weighted by Gasteiger charge is 2.21. The average Bonchev–Trinajstić information content (AvgIpc) is 2.94. The smallest absolute Gasteiger partial charge is 0.335 e. The molecule has 4 nitrogen and oxygen atoms in total. The number of rotatable bonds is 4. The Morgan fingerprint density at radius 1 is 1.29 bits per heavy atom. The molecular formula is C17H19NO3. The third-order valence-corrected chi connectivity index (χ3v) is 4.02. The Kier molecular flexibility index (Phi) is 3.80. The van der Waals surface area contributed by atoms with Crippen molar-refractivity contribution < 1.29 is 14.3 Å². The molecule has 0 saturated heterocycles. The number of aryl methyl sites for hydroxylation is 1. The van der Waals surface area contributed by atoms with Crippen LogP contribution in [0.3, 0.4) is 0 Å². The first kappa shape index (κ1) is 13.9. The van der Waals surface area contributed by atoms with Crippen LogP contribution in [0.25, 0.3) is 0 Å². The van der Waals surface area contributed by atoms with E-state index in [9.17, 15) is 9.90 Å². The molecule has 2 aromatic rings. The van der Waals surface area contributed by atoms with E-state index >= 15 is 0 Å². The van der Waals surface area contributed by atoms with Gasteiger partial charge >= 0.3 is 5.97 Å². The minimum Gasteiger partial charge on any atom is -0.478 e. The summed E-state index contributed by atoms with van der Waals surface area (Å²) in [4.78, 5) is 13.6. The zero-order valence-corrected chi connectivity index (χ0v) is 12.1. The van der Waals surface area contributed by atoms with Gasteiger partial charge in [-0.3, -0.25) is 4.90 Å². The quantitative estimate of drug-likeness (QED) is 0.938. The molecule has 110 valence electrons. The standard InChI is InChI=1S/C17H19NO3/c1-2-13-6-7-14(21-13)11-18-9-8-15-12(10-18)4-3-5-16(15)17(19)20/h3-7H,2,8-11H2,1H3,(H,19,20). The minimum atomic E-state index is -0.834. The number of furan rings is 1. The van der Waals surface area contributed by atoms with Crippen molar-refractivity contribution in [2.45, 2.75) is 32.9 Å². The number of benzene rings is 1. The van der Waals surface area contributed by atoms with Gasteiger partial charge in [-0.2, -0.15) is 0 Å². The molecule has 1 aromatic carbocycles. The molecule has 1 N–H and O–H groups in total. The van der Waals surface area contributed by atoms with Gasteiger partial charge in [-0.25, -0.2) is 4.79 Å². The summed E-state index contributed by atoms with van der Waals surface area (Å²) in [5, 5.41) is 9.24. The molecule has 0 fully saturated rings. The van der Waals surface area contributed by atoms with E-state index in [1.807, 2.05) is 24.3 Å². The maximum Gasteiger partial charge on any atom is 0.335 e. The number of hydrogen-bond donors (Lipinski definition) is 1. The Morgan fingerprint density at radius 3 is 2.81 bits per heavy atom. The van der Waals surface area contributed by atoms with Crippen molar-refractivity contribution in [3.05, 3.63) is 58.5 Å². The van der Waals surface area contributed by atoms with Gasteiger partial charge in [-0.15, -0.1) is 0 Å². The average molecular weight is 285 g/mol. The van der Waals surface area contributed by atoms with Crippen LogP contribution < -0.4 is 0 Å². The van der Waals surface area contributed by atoms with Gasteiger partial charge in [-0.1, -0.05) is 19.1 Å². The van der Waals surface area contributed by atoms with Crippen LogP contribution >= 0.6 is 0 Å². The summed E-state index contributed by atoms with van der Waals surface area (Å²) in [5.41, 5.74) is 2.54. The van der Waals surface area contributed by atoms with Crippen molar-refractivity contribution in [1.29, 1.82) is 0 Å². The van der Waals surface area contributed by atoms with Gasteiger partial charge in [0.1, 0.15) is 11.5 Å². The predicted molar refractivity (Wildman–Crippen MR) is 79.3 cm³/mol. The normalized spacial score (nSPS) is 14.9. The third-order valence-electron chi connectivity index (χ3n) is 4.02. The third kappa shape index (κ3) is 2.85. The largest absolute Gasteiger partial charge is 0.478 e. The van der Waals surface area contributed by atoms with Crippen molar-refractivity contribution >= 4 is 5.97 Å². The number of hydrogen-bond acceptors (Lipinski definition) is 3. The van der Waals surface area contributed by atoms with E-state index in [0.717, 1.165) is 55.1 Å². The summed E-state index contributed by atoms with van der Waals surface area (Å²) in [5.74, 6) is 1.15. The lowest BCUT2D eigenvalue weighted by molar-refractivity contribution is 0.0694. The second kappa shape index (κ2) is 5.74. The number of aromatic carboxylic acids is 1. The SMILES string of the molecule is CCc1ccc(CN2CCc3c(cccc3C(=O)O)C2)o1. The molecule has 2 heterocycles. The van der Waals surface area contributed by atoms with Crippen LogP contribution in [-0.2, 0) is 25.9 Å². The molecule has 3 rings (SSSR count). The predicted octanol–water partition coefficient (Wildman–Crippen LogP) is 3.10. The zero-order valence-electron chi connectivity index (χ0n) is 12.1. The van der Waals surface area contributed by atoms with Crippen molar-refractivity contribution in [2.75, 3.05) is 6.54 Å². The maximum atomic E-state index is 11.3. The van der Waals surface area contributed by atoms with E-state index in [-0.39, 0.29) is 0 Å². The van der Waals surface area contributed by atoms with Gasteiger partial charge in [0.15, 0.2) is 0 Å². The van der Waals surface area contributed by atoms with Crippen LogP contribution in [0.1, 0.15) is 39.9 Å². The van der Waals surface area contributed by atoms with Crippen LogP contribution in [0.5, 0.6) is 0 Å². The Bertz CT molecular complexity index is 660. The molecule has 1 aliphatic heterocycles. The number of carboxylic acids is 1. The van der Waals surface area contributed by atoms with Crippen LogP contribution in [0.15, 0.2) is 34.7 Å². The molecule has 1 aliphatic rings. The molecule has 21 heavy (non-hydrogen) atoms. The van der Waals surface area contributed by atoms with Gasteiger partial charge in [-0.05, 0) is 35.7 Å². The second-order valence-corrected chi connectivity index (χ2v) is 5.43. The second-order valence-electron chi connectivity index (χ2n) is 5.43. The lowest BCUT2D eigenvalue weighted by atomic mass is 9.94. The lowest BCUT2D eigenvalue weighted by Gasteiger charge is -2.28. The minimum absolute atomic E-state index is 0.443. The van der Waals surface area contributed by atoms with E-state index in [0.29, 0.717) is 5.56 Å². The van der Waals surface area contributed by atoms with Crippen LogP contribution in [0, 0.1) is 0 Å². The molecule has 0 unspecified atom stereocenters. The summed E-state index contributed by atoms with van der Waals surface area (Å²) in [6.45, 7) is 4.49. The van der Waals surface area contributed by atoms with Crippen molar-refractivity contribution in [3.8, 4) is 0 Å². The van der Waals surface area contributed by atoms with Crippen LogP contribution in [0.2, 0.25) is 0 Å². The van der Waals surface area contributed by atoms with Gasteiger partial charge in [0, 0.05) is 19.5 Å². The van der Waals surface area contributed by atoms with Crippen molar-refractivity contribution in [1.82, 2.24) is 4.90 Å². The highest BCUT2D eigenvalue weighted by molar-refractivity contribution is 5.89. The topological polar surface area (TPSA) is 53.7 Å². The molecule has 0 radical (unpaired) electrons. The highest BCUT2D eigenvalue weighted by atomic mass is 16.4. The fraction of sp³-hybridized carbons (Fsp3) is 0.353. The summed E-state index contributed by atoms with van der Waals surface area (Å²) in [6, 6.07) is 9.59. The summed E-state index contributed by atoms with van der Waals surface area (Å²) >= 11 is 0. The Balaban J connectivity index is 1.75. The monoisotopic (exact) mass is 285 g/mol. The lowest BCUT2D eigenvalue weighted by Crippen LogP contribution is -2.31. The first-order valence-electron chi connectivity index (χ1n) is 7.31. The molecule has 0 saturated carbocycles. The van der Waals surface area contributed by atoms with Crippen molar-refractivity contribution in [3.63, 3.8) is 0 Å². The van der Waals surface area contributed by atoms with E-state index in [1.165, 1.54) is 0 Å². The Hall–Kier alpha value is -2.07. The summed E-state index contributed by atoms with van der Waals surface area (Å²) < 4.78 is 5.75.